The van der Waals surface area contributed by atoms with Crippen molar-refractivity contribution in [2.75, 3.05) is 18.9 Å². The van der Waals surface area contributed by atoms with Crippen molar-refractivity contribution in [1.82, 2.24) is 4.90 Å². The summed E-state index contributed by atoms with van der Waals surface area (Å²) in [6.07, 6.45) is 2.06. The number of nitrogens with zero attached hydrogens (tertiary/aromatic N) is 1. The topological polar surface area (TPSA) is 52.6 Å². The number of benzene rings is 1. The van der Waals surface area contributed by atoms with Gasteiger partial charge in [-0.25, -0.2) is 4.79 Å². The molecule has 0 saturated carbocycles. The van der Waals surface area contributed by atoms with Crippen molar-refractivity contribution >= 4 is 27.6 Å². The molecule has 2 unspecified atom stereocenters. The molecule has 1 heterocycles. The molecule has 1 aliphatic heterocycles. The molecule has 1 saturated heterocycles. The number of carboxylic acid groups (broad SMARTS) is 1. The van der Waals surface area contributed by atoms with E-state index in [0.717, 1.165) is 23.9 Å². The Morgan fingerprint density at radius 2 is 2.26 bits per heavy atom. The number of nitrogens with one attached hydrogen (secondary N) is 1. The van der Waals surface area contributed by atoms with Crippen LogP contribution in [0.5, 0.6) is 0 Å². The van der Waals surface area contributed by atoms with E-state index in [2.05, 4.69) is 40.1 Å². The Balaban J connectivity index is 2.14. The molecule has 4 nitrogen and oxygen atoms in total. The van der Waals surface area contributed by atoms with E-state index in [9.17, 15) is 9.90 Å². The summed E-state index contributed by atoms with van der Waals surface area (Å²) in [4.78, 5) is 13.6. The van der Waals surface area contributed by atoms with Crippen LogP contribution in [0.1, 0.15) is 30.1 Å². The minimum absolute atomic E-state index is 0.329. The molecule has 5 heteroatoms. The lowest BCUT2D eigenvalue weighted by molar-refractivity contribution is 0.0698. The van der Waals surface area contributed by atoms with E-state index >= 15 is 0 Å². The van der Waals surface area contributed by atoms with Gasteiger partial charge in [0.15, 0.2) is 0 Å². The third kappa shape index (κ3) is 3.48. The zero-order chi connectivity index (χ0) is 14.0. The zero-order valence-electron chi connectivity index (χ0n) is 11.2. The van der Waals surface area contributed by atoms with Gasteiger partial charge in [0, 0.05) is 23.1 Å². The first kappa shape index (κ1) is 14.3. The second kappa shape index (κ2) is 5.92. The molecule has 2 rings (SSSR count). The Bertz CT molecular complexity index is 479. The van der Waals surface area contributed by atoms with Crippen molar-refractivity contribution < 1.29 is 9.90 Å². The number of carboxylic acids is 1. The Labute approximate surface area is 121 Å². The van der Waals surface area contributed by atoms with Gasteiger partial charge in [0.05, 0.1) is 11.3 Å². The standard InChI is InChI=1S/C14H19BrN2O2/c1-9-7-11(5-6-17(9)2)16-13-8-10(15)3-4-12(13)14(18)19/h3-4,8-9,11,16H,5-7H2,1-2H3,(H,18,19). The molecule has 2 N–H and O–H groups in total. The average molecular weight is 327 g/mol. The van der Waals surface area contributed by atoms with Crippen LogP contribution in [0, 0.1) is 0 Å². The van der Waals surface area contributed by atoms with E-state index in [1.54, 1.807) is 12.1 Å². The Kier molecular flexibility index (Phi) is 4.47. The largest absolute Gasteiger partial charge is 0.478 e. The smallest absolute Gasteiger partial charge is 0.337 e. The lowest BCUT2D eigenvalue weighted by atomic mass is 9.98. The predicted octanol–water partition coefficient (Wildman–Crippen LogP) is 3.04. The van der Waals surface area contributed by atoms with Crippen LogP contribution < -0.4 is 5.32 Å². The van der Waals surface area contributed by atoms with Crippen LogP contribution in [0.25, 0.3) is 0 Å². The predicted molar refractivity (Wildman–Crippen MR) is 79.8 cm³/mol. The molecule has 1 aromatic carbocycles. The van der Waals surface area contributed by atoms with E-state index in [0.29, 0.717) is 23.3 Å². The fourth-order valence-corrected chi connectivity index (χ4v) is 2.82. The van der Waals surface area contributed by atoms with Gasteiger partial charge in [-0.05, 0) is 45.0 Å². The van der Waals surface area contributed by atoms with E-state index in [1.807, 2.05) is 6.07 Å². The first-order chi connectivity index (χ1) is 8.97. The molecule has 0 radical (unpaired) electrons. The molecular formula is C14H19BrN2O2. The van der Waals surface area contributed by atoms with Crippen molar-refractivity contribution in [3.63, 3.8) is 0 Å². The summed E-state index contributed by atoms with van der Waals surface area (Å²) >= 11 is 3.39. The molecule has 2 atom stereocenters. The van der Waals surface area contributed by atoms with Gasteiger partial charge in [-0.2, -0.15) is 0 Å². The molecular weight excluding hydrogens is 308 g/mol. The number of likely N-dealkylation sites (tertiary alicyclic amines) is 1. The SMILES string of the molecule is CC1CC(Nc2cc(Br)ccc2C(=O)O)CCN1C. The maximum absolute atomic E-state index is 11.2. The number of piperidine rings is 1. The van der Waals surface area contributed by atoms with E-state index < -0.39 is 5.97 Å². The minimum atomic E-state index is -0.893. The molecule has 0 spiro atoms. The highest BCUT2D eigenvalue weighted by Gasteiger charge is 2.23. The minimum Gasteiger partial charge on any atom is -0.478 e. The van der Waals surface area contributed by atoms with Gasteiger partial charge >= 0.3 is 5.97 Å². The fourth-order valence-electron chi connectivity index (χ4n) is 2.46. The van der Waals surface area contributed by atoms with Crippen molar-refractivity contribution in [3.8, 4) is 0 Å². The Hall–Kier alpha value is -1.07. The third-order valence-corrected chi connectivity index (χ3v) is 4.27. The van der Waals surface area contributed by atoms with Crippen molar-refractivity contribution in [3.05, 3.63) is 28.2 Å². The van der Waals surface area contributed by atoms with Crippen LogP contribution in [-0.4, -0.2) is 41.7 Å². The second-order valence-corrected chi connectivity index (χ2v) is 6.11. The van der Waals surface area contributed by atoms with Gasteiger partial charge in [0.2, 0.25) is 0 Å². The summed E-state index contributed by atoms with van der Waals surface area (Å²) in [6, 6.07) is 6.08. The highest BCUT2D eigenvalue weighted by molar-refractivity contribution is 9.10. The highest BCUT2D eigenvalue weighted by Crippen LogP contribution is 2.25. The van der Waals surface area contributed by atoms with E-state index in [1.165, 1.54) is 0 Å². The summed E-state index contributed by atoms with van der Waals surface area (Å²) < 4.78 is 0.890. The van der Waals surface area contributed by atoms with Crippen molar-refractivity contribution in [1.29, 1.82) is 0 Å². The number of rotatable bonds is 3. The van der Waals surface area contributed by atoms with Gasteiger partial charge in [-0.3, -0.25) is 0 Å². The maximum Gasteiger partial charge on any atom is 0.337 e. The second-order valence-electron chi connectivity index (χ2n) is 5.19. The van der Waals surface area contributed by atoms with Crippen LogP contribution in [-0.2, 0) is 0 Å². The molecule has 1 aromatic rings. The Morgan fingerprint density at radius 1 is 1.53 bits per heavy atom. The number of hydrogen-bond acceptors (Lipinski definition) is 3. The lowest BCUT2D eigenvalue weighted by Crippen LogP contribution is -2.42. The summed E-state index contributed by atoms with van der Waals surface area (Å²) in [7, 11) is 2.13. The molecule has 1 fully saturated rings. The number of anilines is 1. The first-order valence-corrected chi connectivity index (χ1v) is 7.26. The van der Waals surface area contributed by atoms with Gasteiger partial charge in [0.1, 0.15) is 0 Å². The first-order valence-electron chi connectivity index (χ1n) is 6.47. The van der Waals surface area contributed by atoms with Gasteiger partial charge < -0.3 is 15.3 Å². The third-order valence-electron chi connectivity index (χ3n) is 3.78. The molecule has 0 aromatic heterocycles. The summed E-state index contributed by atoms with van der Waals surface area (Å²) in [5.74, 6) is -0.893. The van der Waals surface area contributed by atoms with Crippen LogP contribution in [0.4, 0.5) is 5.69 Å². The summed E-state index contributed by atoms with van der Waals surface area (Å²) in [5, 5.41) is 12.6. The molecule has 0 bridgehead atoms. The number of carbonyl (C=O) groups is 1. The highest BCUT2D eigenvalue weighted by atomic mass is 79.9. The number of aromatic carboxylic acids is 1. The van der Waals surface area contributed by atoms with Gasteiger partial charge in [0.25, 0.3) is 0 Å². The average Bonchev–Trinajstić information content (AvgIpc) is 2.33. The Morgan fingerprint density at radius 3 is 2.89 bits per heavy atom. The molecule has 19 heavy (non-hydrogen) atoms. The summed E-state index contributed by atoms with van der Waals surface area (Å²) in [5.41, 5.74) is 1.03. The van der Waals surface area contributed by atoms with E-state index in [-0.39, 0.29) is 0 Å². The lowest BCUT2D eigenvalue weighted by Gasteiger charge is -2.36. The monoisotopic (exact) mass is 326 g/mol. The van der Waals surface area contributed by atoms with Gasteiger partial charge in [-0.15, -0.1) is 0 Å². The van der Waals surface area contributed by atoms with Gasteiger partial charge in [-0.1, -0.05) is 15.9 Å². The fraction of sp³-hybridized carbons (Fsp3) is 0.500. The van der Waals surface area contributed by atoms with E-state index in [4.69, 9.17) is 0 Å². The van der Waals surface area contributed by atoms with Crippen LogP contribution >= 0.6 is 15.9 Å². The van der Waals surface area contributed by atoms with Crippen molar-refractivity contribution in [2.45, 2.75) is 31.8 Å². The molecule has 104 valence electrons. The normalized spacial score (nSPS) is 24.2. The van der Waals surface area contributed by atoms with Crippen LogP contribution in [0.3, 0.4) is 0 Å². The number of hydrogen-bond donors (Lipinski definition) is 2. The van der Waals surface area contributed by atoms with Crippen LogP contribution in [0.15, 0.2) is 22.7 Å². The summed E-state index contributed by atoms with van der Waals surface area (Å²) in [6.45, 7) is 3.24. The number of halogens is 1. The van der Waals surface area contributed by atoms with Crippen molar-refractivity contribution in [2.24, 2.45) is 0 Å². The zero-order valence-corrected chi connectivity index (χ0v) is 12.8. The molecule has 0 amide bonds. The molecule has 1 aliphatic rings. The van der Waals surface area contributed by atoms with Crippen LogP contribution in [0.2, 0.25) is 0 Å². The maximum atomic E-state index is 11.2. The quantitative estimate of drug-likeness (QED) is 0.896. The molecule has 0 aliphatic carbocycles.